The Labute approximate surface area is 169 Å². The number of unbranched alkanes of at least 4 members (excludes halogenated alkanes) is 2. The molecular formula is C25H28O2Si. The number of hydrogen-bond donors (Lipinski definition) is 0. The highest BCUT2D eigenvalue weighted by Gasteiger charge is 2.42. The molecule has 0 spiro atoms. The van der Waals surface area contributed by atoms with Gasteiger partial charge in [-0.05, 0) is 22.0 Å². The molecule has 0 radical (unpaired) electrons. The van der Waals surface area contributed by atoms with Crippen molar-refractivity contribution >= 4 is 29.7 Å². The molecule has 0 bridgehead atoms. The molecule has 0 saturated heterocycles. The van der Waals surface area contributed by atoms with Gasteiger partial charge in [-0.25, -0.2) is 0 Å². The van der Waals surface area contributed by atoms with Crippen LogP contribution in [-0.4, -0.2) is 20.7 Å². The Morgan fingerprint density at radius 1 is 0.714 bits per heavy atom. The molecule has 0 aliphatic rings. The van der Waals surface area contributed by atoms with E-state index in [-0.39, 0.29) is 12.4 Å². The van der Waals surface area contributed by atoms with E-state index >= 15 is 0 Å². The van der Waals surface area contributed by atoms with Crippen LogP contribution >= 0.6 is 0 Å². The number of ketones is 1. The molecule has 144 valence electrons. The Kier molecular flexibility index (Phi) is 7.35. The van der Waals surface area contributed by atoms with Crippen LogP contribution in [0.1, 0.15) is 32.6 Å². The van der Waals surface area contributed by atoms with Gasteiger partial charge in [0.1, 0.15) is 0 Å². The molecule has 3 rings (SSSR count). The maximum absolute atomic E-state index is 12.6. The van der Waals surface area contributed by atoms with Crippen molar-refractivity contribution in [2.45, 2.75) is 32.6 Å². The largest absolute Gasteiger partial charge is 0.397 e. The van der Waals surface area contributed by atoms with Crippen molar-refractivity contribution in [2.24, 2.45) is 0 Å². The molecule has 3 aromatic rings. The van der Waals surface area contributed by atoms with E-state index in [1.807, 2.05) is 18.2 Å². The topological polar surface area (TPSA) is 26.3 Å². The summed E-state index contributed by atoms with van der Waals surface area (Å²) in [5, 5.41) is 3.48. The van der Waals surface area contributed by atoms with E-state index in [0.29, 0.717) is 6.42 Å². The van der Waals surface area contributed by atoms with Gasteiger partial charge in [-0.3, -0.25) is 4.79 Å². The quantitative estimate of drug-likeness (QED) is 0.300. The number of hydrogen-bond acceptors (Lipinski definition) is 2. The molecule has 0 atom stereocenters. The molecule has 0 amide bonds. The second kappa shape index (κ2) is 10.2. The monoisotopic (exact) mass is 388 g/mol. The first kappa shape index (κ1) is 20.2. The molecule has 28 heavy (non-hydrogen) atoms. The Hall–Kier alpha value is -2.49. The lowest BCUT2D eigenvalue weighted by Gasteiger charge is -2.32. The molecule has 0 heterocycles. The first-order chi connectivity index (χ1) is 13.8. The predicted octanol–water partition coefficient (Wildman–Crippen LogP) is 3.82. The van der Waals surface area contributed by atoms with Crippen molar-refractivity contribution in [3.8, 4) is 0 Å². The molecule has 3 heteroatoms. The van der Waals surface area contributed by atoms with E-state index < -0.39 is 8.32 Å². The van der Waals surface area contributed by atoms with E-state index in [4.69, 9.17) is 4.43 Å². The van der Waals surface area contributed by atoms with Crippen molar-refractivity contribution in [2.75, 3.05) is 6.61 Å². The van der Waals surface area contributed by atoms with Crippen LogP contribution in [-0.2, 0) is 9.22 Å². The maximum atomic E-state index is 12.6. The van der Waals surface area contributed by atoms with E-state index in [1.165, 1.54) is 0 Å². The molecule has 0 aromatic heterocycles. The molecule has 2 nitrogen and oxygen atoms in total. The molecule has 3 aromatic carbocycles. The summed E-state index contributed by atoms with van der Waals surface area (Å²) in [4.78, 5) is 12.6. The van der Waals surface area contributed by atoms with Crippen molar-refractivity contribution in [3.05, 3.63) is 91.0 Å². The second-order valence-electron chi connectivity index (χ2n) is 7.06. The number of Topliss-reactive ketones (excluding diaryl/α,β-unsaturated/α-hetero) is 1. The first-order valence-corrected chi connectivity index (χ1v) is 12.0. The van der Waals surface area contributed by atoms with Crippen LogP contribution in [0.2, 0.25) is 0 Å². The Morgan fingerprint density at radius 2 is 1.14 bits per heavy atom. The van der Waals surface area contributed by atoms with Crippen LogP contribution in [0.15, 0.2) is 91.0 Å². The fraction of sp³-hybridized carbons (Fsp3) is 0.240. The molecule has 0 aliphatic heterocycles. The van der Waals surface area contributed by atoms with Crippen LogP contribution in [0.4, 0.5) is 0 Å². The average Bonchev–Trinajstić information content (AvgIpc) is 2.77. The second-order valence-corrected chi connectivity index (χ2v) is 10.4. The van der Waals surface area contributed by atoms with Gasteiger partial charge in [0.2, 0.25) is 0 Å². The zero-order valence-electron chi connectivity index (χ0n) is 16.5. The third-order valence-corrected chi connectivity index (χ3v) is 9.07. The third-order valence-electron chi connectivity index (χ3n) is 5.05. The molecule has 0 saturated carbocycles. The molecular weight excluding hydrogens is 360 g/mol. The van der Waals surface area contributed by atoms with Crippen molar-refractivity contribution < 1.29 is 9.22 Å². The highest BCUT2D eigenvalue weighted by Crippen LogP contribution is 2.11. The third kappa shape index (κ3) is 4.67. The zero-order chi connectivity index (χ0) is 19.7. The molecule has 0 fully saturated rings. The SMILES string of the molecule is CCCCCC(=O)CO[Si](c1ccccc1)(c1ccccc1)c1ccccc1. The van der Waals surface area contributed by atoms with Crippen LogP contribution < -0.4 is 15.6 Å². The Balaban J connectivity index is 2.03. The summed E-state index contributed by atoms with van der Waals surface area (Å²) >= 11 is 0. The fourth-order valence-electron chi connectivity index (χ4n) is 3.60. The lowest BCUT2D eigenvalue weighted by molar-refractivity contribution is -0.121. The van der Waals surface area contributed by atoms with E-state index in [0.717, 1.165) is 34.8 Å². The fourth-order valence-corrected chi connectivity index (χ4v) is 7.46. The van der Waals surface area contributed by atoms with Crippen molar-refractivity contribution in [1.82, 2.24) is 0 Å². The summed E-state index contributed by atoms with van der Waals surface area (Å²) in [7, 11) is -2.75. The summed E-state index contributed by atoms with van der Waals surface area (Å²) in [5.74, 6) is 0.188. The molecule has 0 unspecified atom stereocenters. The number of benzene rings is 3. The Morgan fingerprint density at radius 3 is 1.54 bits per heavy atom. The minimum absolute atomic E-state index is 0.161. The lowest BCUT2D eigenvalue weighted by Crippen LogP contribution is -2.69. The van der Waals surface area contributed by atoms with Crippen molar-refractivity contribution in [1.29, 1.82) is 0 Å². The summed E-state index contributed by atoms with van der Waals surface area (Å²) in [5.41, 5.74) is 0. The first-order valence-electron chi connectivity index (χ1n) is 10.1. The number of carbonyl (C=O) groups is 1. The smallest absolute Gasteiger partial charge is 0.288 e. The standard InChI is InChI=1S/C25H28O2Si/c1-2-3-7-14-22(26)21-27-28(23-15-8-4-9-16-23,24-17-10-5-11-18-24)25-19-12-6-13-20-25/h4-6,8-13,15-20H,2-3,7,14,21H2,1H3. The number of rotatable bonds is 10. The van der Waals surface area contributed by atoms with E-state index in [2.05, 4.69) is 79.7 Å². The normalized spacial score (nSPS) is 11.3. The summed E-state index contributed by atoms with van der Waals surface area (Å²) in [6, 6.07) is 31.2. The van der Waals surface area contributed by atoms with Gasteiger partial charge < -0.3 is 4.43 Å². The highest BCUT2D eigenvalue weighted by atomic mass is 28.4. The van der Waals surface area contributed by atoms with Gasteiger partial charge in [-0.2, -0.15) is 0 Å². The van der Waals surface area contributed by atoms with Gasteiger partial charge in [-0.15, -0.1) is 0 Å². The van der Waals surface area contributed by atoms with Crippen molar-refractivity contribution in [3.63, 3.8) is 0 Å². The van der Waals surface area contributed by atoms with Crippen LogP contribution in [0, 0.1) is 0 Å². The van der Waals surface area contributed by atoms with Gasteiger partial charge in [-0.1, -0.05) is 111 Å². The minimum atomic E-state index is -2.75. The lowest BCUT2D eigenvalue weighted by atomic mass is 10.1. The minimum Gasteiger partial charge on any atom is -0.397 e. The van der Waals surface area contributed by atoms with Gasteiger partial charge in [0.15, 0.2) is 5.78 Å². The summed E-state index contributed by atoms with van der Waals surface area (Å²) in [6.07, 6.45) is 3.74. The van der Waals surface area contributed by atoms with Gasteiger partial charge >= 0.3 is 0 Å². The van der Waals surface area contributed by atoms with E-state index in [9.17, 15) is 4.79 Å². The maximum Gasteiger partial charge on any atom is 0.288 e. The van der Waals surface area contributed by atoms with E-state index in [1.54, 1.807) is 0 Å². The molecule has 0 aliphatic carbocycles. The van der Waals surface area contributed by atoms with Crippen LogP contribution in [0.3, 0.4) is 0 Å². The average molecular weight is 389 g/mol. The summed E-state index contributed by atoms with van der Waals surface area (Å²) in [6.45, 7) is 2.31. The zero-order valence-corrected chi connectivity index (χ0v) is 17.5. The Bertz CT molecular complexity index is 751. The van der Waals surface area contributed by atoms with Crippen LogP contribution in [0.5, 0.6) is 0 Å². The molecule has 0 N–H and O–H groups in total. The highest BCUT2D eigenvalue weighted by molar-refractivity contribution is 7.07. The van der Waals surface area contributed by atoms with Gasteiger partial charge in [0.05, 0.1) is 6.61 Å². The summed E-state index contributed by atoms with van der Waals surface area (Å²) < 4.78 is 6.67. The number of carbonyl (C=O) groups excluding carboxylic acids is 1. The van der Waals surface area contributed by atoms with Gasteiger partial charge in [0, 0.05) is 6.42 Å². The van der Waals surface area contributed by atoms with Gasteiger partial charge in [0.25, 0.3) is 8.32 Å². The predicted molar refractivity (Wildman–Crippen MR) is 119 cm³/mol. The van der Waals surface area contributed by atoms with Crippen LogP contribution in [0.25, 0.3) is 0 Å².